The molecule has 0 saturated heterocycles. The van der Waals surface area contributed by atoms with E-state index in [9.17, 15) is 15.0 Å². The summed E-state index contributed by atoms with van der Waals surface area (Å²) in [5.41, 5.74) is 1.28. The number of imidazole rings is 1. The predicted octanol–water partition coefficient (Wildman–Crippen LogP) is 1.20. The third-order valence-corrected chi connectivity index (χ3v) is 3.20. The summed E-state index contributed by atoms with van der Waals surface area (Å²) in [4.78, 5) is 17.6. The normalized spacial score (nSPS) is 14.5. The molecule has 4 N–H and O–H groups in total. The lowest BCUT2D eigenvalue weighted by molar-refractivity contribution is -0.153. The number of hydrogen-bond donors (Lipinski definition) is 4. The molecule has 3 aromatic rings. The van der Waals surface area contributed by atoms with E-state index < -0.39 is 18.2 Å². The number of carboxylic acids is 1. The van der Waals surface area contributed by atoms with Crippen LogP contribution in [0.1, 0.15) is 11.9 Å². The van der Waals surface area contributed by atoms with Crippen LogP contribution >= 0.6 is 0 Å². The van der Waals surface area contributed by atoms with Crippen LogP contribution in [0.3, 0.4) is 0 Å². The second-order valence-corrected chi connectivity index (χ2v) is 4.57. The Morgan fingerprint density at radius 3 is 2.45 bits per heavy atom. The van der Waals surface area contributed by atoms with Gasteiger partial charge < -0.3 is 20.3 Å². The van der Waals surface area contributed by atoms with Gasteiger partial charge in [0.25, 0.3) is 0 Å². The van der Waals surface area contributed by atoms with Crippen LogP contribution in [0.4, 0.5) is 0 Å². The fourth-order valence-electron chi connectivity index (χ4n) is 2.14. The first-order valence-electron chi connectivity index (χ1n) is 6.03. The number of fused-ring (bicyclic) bond motifs is 2. The van der Waals surface area contributed by atoms with E-state index in [0.29, 0.717) is 11.0 Å². The Bertz CT molecular complexity index is 744. The molecule has 0 aliphatic rings. The first-order valence-corrected chi connectivity index (χ1v) is 6.03. The Morgan fingerprint density at radius 1 is 1.15 bits per heavy atom. The first kappa shape index (κ1) is 12.6. The molecule has 20 heavy (non-hydrogen) atoms. The summed E-state index contributed by atoms with van der Waals surface area (Å²) < 4.78 is 0. The highest BCUT2D eigenvalue weighted by atomic mass is 16.4. The number of aromatic amines is 1. The summed E-state index contributed by atoms with van der Waals surface area (Å²) in [6.07, 6.45) is -3.51. The average molecular weight is 272 g/mol. The number of carboxylic acid groups (broad SMARTS) is 1. The van der Waals surface area contributed by atoms with Crippen molar-refractivity contribution in [2.24, 2.45) is 0 Å². The highest BCUT2D eigenvalue weighted by Gasteiger charge is 2.27. The van der Waals surface area contributed by atoms with E-state index >= 15 is 0 Å². The molecule has 0 spiro atoms. The van der Waals surface area contributed by atoms with E-state index in [4.69, 9.17) is 5.11 Å². The van der Waals surface area contributed by atoms with Gasteiger partial charge in [0.2, 0.25) is 0 Å². The van der Waals surface area contributed by atoms with E-state index in [2.05, 4.69) is 9.97 Å². The van der Waals surface area contributed by atoms with Crippen molar-refractivity contribution >= 4 is 27.8 Å². The molecule has 2 atom stereocenters. The molecule has 0 amide bonds. The molecule has 0 aliphatic heterocycles. The van der Waals surface area contributed by atoms with Crippen molar-refractivity contribution in [2.45, 2.75) is 12.2 Å². The predicted molar refractivity (Wildman–Crippen MR) is 72.2 cm³/mol. The van der Waals surface area contributed by atoms with Crippen LogP contribution in [0, 0.1) is 0 Å². The van der Waals surface area contributed by atoms with Crippen molar-refractivity contribution in [1.82, 2.24) is 9.97 Å². The Balaban J connectivity index is 2.10. The number of H-pyrrole nitrogens is 1. The third-order valence-electron chi connectivity index (χ3n) is 3.20. The number of aromatic nitrogens is 2. The first-order chi connectivity index (χ1) is 9.56. The second kappa shape index (κ2) is 4.59. The van der Waals surface area contributed by atoms with Gasteiger partial charge in [0, 0.05) is 0 Å². The van der Waals surface area contributed by atoms with Gasteiger partial charge in [-0.15, -0.1) is 0 Å². The highest BCUT2D eigenvalue weighted by Crippen LogP contribution is 2.23. The summed E-state index contributed by atoms with van der Waals surface area (Å²) in [5, 5.41) is 29.8. The molecule has 0 bridgehead atoms. The molecular weight excluding hydrogens is 260 g/mol. The molecule has 2 aromatic carbocycles. The number of rotatable bonds is 3. The Kier molecular flexibility index (Phi) is 2.89. The van der Waals surface area contributed by atoms with Crippen LogP contribution in [0.2, 0.25) is 0 Å². The minimum atomic E-state index is -1.91. The standard InChI is InChI=1S/C14H12N2O4/c17-11(12(18)14(19)20)13-15-9-5-7-3-1-2-4-8(7)6-10(9)16-13/h1-6,11-12,17-18H,(H,15,16)(H,19,20)/t11-,12-/m0/s1. The lowest BCUT2D eigenvalue weighted by atomic mass is 10.1. The fraction of sp³-hybridized carbons (Fsp3) is 0.143. The zero-order valence-electron chi connectivity index (χ0n) is 10.3. The number of aliphatic hydroxyl groups is 2. The van der Waals surface area contributed by atoms with Crippen molar-refractivity contribution in [2.75, 3.05) is 0 Å². The lowest BCUT2D eigenvalue weighted by Gasteiger charge is -2.10. The minimum absolute atomic E-state index is 0.0326. The quantitative estimate of drug-likeness (QED) is 0.573. The molecule has 6 nitrogen and oxygen atoms in total. The van der Waals surface area contributed by atoms with Gasteiger partial charge in [-0.2, -0.15) is 0 Å². The molecule has 1 heterocycles. The molecule has 102 valence electrons. The number of hydrogen-bond acceptors (Lipinski definition) is 4. The van der Waals surface area contributed by atoms with Gasteiger partial charge in [-0.3, -0.25) is 0 Å². The van der Waals surface area contributed by atoms with Crippen LogP contribution in [0.15, 0.2) is 36.4 Å². The maximum absolute atomic E-state index is 10.7. The average Bonchev–Trinajstić information content (AvgIpc) is 2.85. The monoisotopic (exact) mass is 272 g/mol. The maximum Gasteiger partial charge on any atom is 0.335 e. The van der Waals surface area contributed by atoms with Gasteiger partial charge in [0.15, 0.2) is 6.10 Å². The Hall–Kier alpha value is -2.44. The lowest BCUT2D eigenvalue weighted by Crippen LogP contribution is -2.28. The van der Waals surface area contributed by atoms with E-state index in [1.165, 1.54) is 0 Å². The smallest absolute Gasteiger partial charge is 0.335 e. The highest BCUT2D eigenvalue weighted by molar-refractivity contribution is 5.95. The van der Waals surface area contributed by atoms with E-state index in [0.717, 1.165) is 10.8 Å². The van der Waals surface area contributed by atoms with E-state index in [1.54, 1.807) is 0 Å². The molecule has 1 aromatic heterocycles. The maximum atomic E-state index is 10.7. The molecule has 0 aliphatic carbocycles. The Labute approximate surface area is 113 Å². The molecule has 3 rings (SSSR count). The van der Waals surface area contributed by atoms with Gasteiger partial charge >= 0.3 is 5.97 Å². The van der Waals surface area contributed by atoms with E-state index in [-0.39, 0.29) is 5.82 Å². The van der Waals surface area contributed by atoms with Gasteiger partial charge in [-0.1, -0.05) is 24.3 Å². The number of aliphatic hydroxyl groups excluding tert-OH is 2. The number of carbonyl (C=O) groups is 1. The molecule has 0 unspecified atom stereocenters. The van der Waals surface area contributed by atoms with Gasteiger partial charge in [0.1, 0.15) is 11.9 Å². The summed E-state index contributed by atoms with van der Waals surface area (Å²) in [6.45, 7) is 0. The molecule has 0 radical (unpaired) electrons. The number of benzene rings is 2. The molecule has 0 fully saturated rings. The van der Waals surface area contributed by atoms with Gasteiger partial charge in [-0.05, 0) is 22.9 Å². The number of nitrogens with one attached hydrogen (secondary N) is 1. The zero-order valence-corrected chi connectivity index (χ0v) is 10.3. The molecule has 6 heteroatoms. The van der Waals surface area contributed by atoms with E-state index in [1.807, 2.05) is 36.4 Å². The van der Waals surface area contributed by atoms with Crippen molar-refractivity contribution in [3.63, 3.8) is 0 Å². The van der Waals surface area contributed by atoms with Crippen LogP contribution in [0.25, 0.3) is 21.8 Å². The third kappa shape index (κ3) is 2.01. The summed E-state index contributed by atoms with van der Waals surface area (Å²) in [6, 6.07) is 11.4. The largest absolute Gasteiger partial charge is 0.479 e. The van der Waals surface area contributed by atoms with Crippen LogP contribution in [-0.4, -0.2) is 37.4 Å². The Morgan fingerprint density at radius 2 is 1.80 bits per heavy atom. The van der Waals surface area contributed by atoms with Crippen molar-refractivity contribution < 1.29 is 20.1 Å². The molecular formula is C14H12N2O4. The summed E-state index contributed by atoms with van der Waals surface area (Å²) in [5.74, 6) is -1.46. The van der Waals surface area contributed by atoms with Gasteiger partial charge in [0.05, 0.1) is 11.0 Å². The zero-order chi connectivity index (χ0) is 14.3. The molecule has 0 saturated carbocycles. The summed E-state index contributed by atoms with van der Waals surface area (Å²) in [7, 11) is 0. The van der Waals surface area contributed by atoms with Crippen LogP contribution in [0.5, 0.6) is 0 Å². The SMILES string of the molecule is O=C(O)[C@@H](O)[C@H](O)c1nc2cc3ccccc3cc2[nH]1. The van der Waals surface area contributed by atoms with Crippen LogP contribution in [-0.2, 0) is 4.79 Å². The number of aliphatic carboxylic acids is 1. The minimum Gasteiger partial charge on any atom is -0.479 e. The van der Waals surface area contributed by atoms with Crippen molar-refractivity contribution in [3.8, 4) is 0 Å². The number of nitrogens with zero attached hydrogens (tertiary/aromatic N) is 1. The van der Waals surface area contributed by atoms with Gasteiger partial charge in [-0.25, -0.2) is 9.78 Å². The van der Waals surface area contributed by atoms with Crippen LogP contribution < -0.4 is 0 Å². The van der Waals surface area contributed by atoms with Crippen molar-refractivity contribution in [1.29, 1.82) is 0 Å². The summed E-state index contributed by atoms with van der Waals surface area (Å²) >= 11 is 0. The second-order valence-electron chi connectivity index (χ2n) is 4.57. The topological polar surface area (TPSA) is 106 Å². The van der Waals surface area contributed by atoms with Crippen molar-refractivity contribution in [3.05, 3.63) is 42.2 Å². The fourth-order valence-corrected chi connectivity index (χ4v) is 2.14.